The topological polar surface area (TPSA) is 116 Å². The van der Waals surface area contributed by atoms with E-state index in [2.05, 4.69) is 20.8 Å². The number of carbonyl (C=O) groups is 2. The van der Waals surface area contributed by atoms with Crippen LogP contribution in [0.2, 0.25) is 0 Å². The molecule has 0 radical (unpaired) electrons. The van der Waals surface area contributed by atoms with Crippen molar-refractivity contribution in [3.8, 4) is 0 Å². The van der Waals surface area contributed by atoms with Crippen LogP contribution in [0.4, 0.5) is 22.0 Å². The monoisotopic (exact) mass is 428 g/mol. The summed E-state index contributed by atoms with van der Waals surface area (Å²) in [5, 5.41) is -4.88. The van der Waals surface area contributed by atoms with Gasteiger partial charge in [-0.15, -0.1) is 0 Å². The van der Waals surface area contributed by atoms with E-state index in [0.29, 0.717) is 6.42 Å². The zero-order chi connectivity index (χ0) is 21.5. The second kappa shape index (κ2) is 9.41. The lowest BCUT2D eigenvalue weighted by molar-refractivity contribution is -0.355. The number of ether oxygens (including phenoxy) is 3. The Labute approximate surface area is 151 Å². The smallest absolute Gasteiger partial charge is 0.461 e. The molecule has 1 atom stereocenters. The molecule has 0 aliphatic carbocycles. The third kappa shape index (κ3) is 6.70. The van der Waals surface area contributed by atoms with Crippen LogP contribution in [-0.2, 0) is 33.9 Å². The van der Waals surface area contributed by atoms with Crippen LogP contribution in [0.3, 0.4) is 0 Å². The van der Waals surface area contributed by atoms with Crippen molar-refractivity contribution in [2.24, 2.45) is 0 Å². The Kier molecular flexibility index (Phi) is 8.79. The molecule has 0 heterocycles. The van der Waals surface area contributed by atoms with E-state index in [-0.39, 0.29) is 12.5 Å². The predicted molar refractivity (Wildman–Crippen MR) is 78.0 cm³/mol. The van der Waals surface area contributed by atoms with Crippen molar-refractivity contribution in [3.05, 3.63) is 12.7 Å². The summed E-state index contributed by atoms with van der Waals surface area (Å²) >= 11 is 0. The second-order valence-electron chi connectivity index (χ2n) is 4.94. The molecule has 0 amide bonds. The van der Waals surface area contributed by atoms with Gasteiger partial charge in [0.05, 0.1) is 19.6 Å². The molecule has 14 heteroatoms. The van der Waals surface area contributed by atoms with E-state index < -0.39 is 58.9 Å². The molecule has 0 rings (SSSR count). The number of esters is 2. The summed E-state index contributed by atoms with van der Waals surface area (Å²) in [6, 6.07) is 0. The van der Waals surface area contributed by atoms with Gasteiger partial charge in [0, 0.05) is 6.08 Å². The van der Waals surface area contributed by atoms with Crippen LogP contribution in [0.25, 0.3) is 0 Å². The van der Waals surface area contributed by atoms with Crippen molar-refractivity contribution in [1.29, 1.82) is 0 Å². The van der Waals surface area contributed by atoms with Crippen molar-refractivity contribution in [2.75, 3.05) is 13.2 Å². The molecule has 1 N–H and O–H groups in total. The van der Waals surface area contributed by atoms with Crippen molar-refractivity contribution < 1.29 is 58.7 Å². The molecular weight excluding hydrogens is 411 g/mol. The highest BCUT2D eigenvalue weighted by Gasteiger charge is 2.68. The lowest BCUT2D eigenvalue weighted by atomic mass is 10.2. The molecule has 0 aliphatic heterocycles. The van der Waals surface area contributed by atoms with Gasteiger partial charge < -0.3 is 14.2 Å². The fraction of sp³-hybridized carbons (Fsp3) is 0.692. The highest BCUT2D eigenvalue weighted by molar-refractivity contribution is 7.86. The molecule has 0 bridgehead atoms. The van der Waals surface area contributed by atoms with Gasteiger partial charge in [-0.3, -0.25) is 4.55 Å². The number of carbonyl (C=O) groups excluding carboxylic acids is 2. The lowest BCUT2D eigenvalue weighted by Crippen LogP contribution is -2.58. The van der Waals surface area contributed by atoms with Gasteiger partial charge in [-0.25, -0.2) is 9.59 Å². The predicted octanol–water partition coefficient (Wildman–Crippen LogP) is 2.20. The highest BCUT2D eigenvalue weighted by Crippen LogP contribution is 2.37. The first-order valence-corrected chi connectivity index (χ1v) is 8.66. The standard InChI is InChI=1S/C13H17F5O8S/c1-3-5-7-24-10(20)12(13(16,17)18,26-9(19)4-2)25-8-6-11(14,15)27(21,22)23/h4H,2-3,5-8H2,1H3,(H,21,22,23). The Balaban J connectivity index is 5.69. The van der Waals surface area contributed by atoms with E-state index in [1.54, 1.807) is 6.92 Å². The molecular formula is C13H17F5O8S. The van der Waals surface area contributed by atoms with Gasteiger partial charge in [0.25, 0.3) is 0 Å². The summed E-state index contributed by atoms with van der Waals surface area (Å²) in [6.45, 7) is 2.18. The molecule has 8 nitrogen and oxygen atoms in total. The molecule has 27 heavy (non-hydrogen) atoms. The van der Waals surface area contributed by atoms with Crippen LogP contribution in [0, 0.1) is 0 Å². The molecule has 0 spiro atoms. The van der Waals surface area contributed by atoms with E-state index in [0.717, 1.165) is 0 Å². The summed E-state index contributed by atoms with van der Waals surface area (Å²) in [7, 11) is -5.96. The Hall–Kier alpha value is -1.80. The fourth-order valence-corrected chi connectivity index (χ4v) is 1.76. The number of rotatable bonds is 11. The zero-order valence-electron chi connectivity index (χ0n) is 13.9. The number of unbranched alkanes of at least 4 members (excludes halogenated alkanes) is 1. The largest absolute Gasteiger partial charge is 0.468 e. The molecule has 0 aromatic carbocycles. The highest BCUT2D eigenvalue weighted by atomic mass is 32.2. The Morgan fingerprint density at radius 1 is 1.15 bits per heavy atom. The van der Waals surface area contributed by atoms with Crippen molar-refractivity contribution >= 4 is 22.1 Å². The summed E-state index contributed by atoms with van der Waals surface area (Å²) < 4.78 is 108. The summed E-state index contributed by atoms with van der Waals surface area (Å²) in [5.41, 5.74) is 0. The van der Waals surface area contributed by atoms with E-state index >= 15 is 0 Å². The van der Waals surface area contributed by atoms with Gasteiger partial charge in [-0.05, 0) is 6.42 Å². The minimum atomic E-state index is -5.96. The van der Waals surface area contributed by atoms with Crippen LogP contribution in [0.15, 0.2) is 12.7 Å². The minimum Gasteiger partial charge on any atom is -0.461 e. The summed E-state index contributed by atoms with van der Waals surface area (Å²) in [5.74, 6) is -8.48. The lowest BCUT2D eigenvalue weighted by Gasteiger charge is -2.32. The molecule has 1 unspecified atom stereocenters. The second-order valence-corrected chi connectivity index (χ2v) is 6.49. The van der Waals surface area contributed by atoms with Crippen molar-refractivity contribution in [1.82, 2.24) is 0 Å². The molecule has 158 valence electrons. The Bertz CT molecular complexity index is 646. The van der Waals surface area contributed by atoms with Crippen LogP contribution >= 0.6 is 0 Å². The van der Waals surface area contributed by atoms with Gasteiger partial charge in [0.2, 0.25) is 0 Å². The van der Waals surface area contributed by atoms with Crippen LogP contribution in [0.1, 0.15) is 26.2 Å². The average molecular weight is 428 g/mol. The minimum absolute atomic E-state index is 0.135. The van der Waals surface area contributed by atoms with Crippen LogP contribution < -0.4 is 0 Å². The molecule has 0 saturated heterocycles. The van der Waals surface area contributed by atoms with Gasteiger partial charge >= 0.3 is 39.3 Å². The summed E-state index contributed by atoms with van der Waals surface area (Å²) in [4.78, 5) is 23.1. The molecule has 0 aromatic rings. The van der Waals surface area contributed by atoms with E-state index in [4.69, 9.17) is 4.55 Å². The van der Waals surface area contributed by atoms with Gasteiger partial charge in [-0.2, -0.15) is 30.4 Å². The maximum absolute atomic E-state index is 13.4. The molecule has 0 fully saturated rings. The SMILES string of the molecule is C=CC(=O)OC(OCCC(F)(F)S(=O)(=O)O)(C(=O)OCCCC)C(F)(F)F. The first-order valence-electron chi connectivity index (χ1n) is 7.22. The van der Waals surface area contributed by atoms with Crippen LogP contribution in [-0.4, -0.2) is 55.3 Å². The quantitative estimate of drug-likeness (QED) is 0.133. The van der Waals surface area contributed by atoms with E-state index in [1.165, 1.54) is 0 Å². The first kappa shape index (κ1) is 25.2. The number of hydrogen-bond donors (Lipinski definition) is 1. The Morgan fingerprint density at radius 2 is 1.70 bits per heavy atom. The van der Waals surface area contributed by atoms with E-state index in [9.17, 15) is 40.0 Å². The van der Waals surface area contributed by atoms with Gasteiger partial charge in [0.15, 0.2) is 0 Å². The number of halogens is 5. The average Bonchev–Trinajstić information content (AvgIpc) is 2.51. The normalized spacial score (nSPS) is 14.9. The molecule has 0 aliphatic rings. The van der Waals surface area contributed by atoms with Gasteiger partial charge in [0.1, 0.15) is 0 Å². The molecule has 0 saturated carbocycles. The maximum atomic E-state index is 13.4. The van der Waals surface area contributed by atoms with Crippen molar-refractivity contribution in [2.45, 2.75) is 43.4 Å². The Morgan fingerprint density at radius 3 is 2.11 bits per heavy atom. The van der Waals surface area contributed by atoms with E-state index in [1.807, 2.05) is 0 Å². The van der Waals surface area contributed by atoms with Crippen molar-refractivity contribution in [3.63, 3.8) is 0 Å². The number of hydrogen-bond acceptors (Lipinski definition) is 7. The third-order valence-electron chi connectivity index (χ3n) is 2.86. The zero-order valence-corrected chi connectivity index (χ0v) is 14.7. The maximum Gasteiger partial charge on any atom is 0.468 e. The van der Waals surface area contributed by atoms with Crippen LogP contribution in [0.5, 0.6) is 0 Å². The number of alkyl halides is 5. The molecule has 0 aromatic heterocycles. The fourth-order valence-electron chi connectivity index (χ4n) is 1.42. The van der Waals surface area contributed by atoms with Gasteiger partial charge in [-0.1, -0.05) is 19.9 Å². The third-order valence-corrected chi connectivity index (χ3v) is 3.82. The first-order chi connectivity index (χ1) is 12.1. The summed E-state index contributed by atoms with van der Waals surface area (Å²) in [6.07, 6.45) is -6.95.